The molecule has 0 aromatic heterocycles. The number of nitrogens with two attached hydrogens (primary N) is 1. The van der Waals surface area contributed by atoms with Crippen molar-refractivity contribution in [3.05, 3.63) is 29.3 Å². The van der Waals surface area contributed by atoms with Gasteiger partial charge in [0.05, 0.1) is 0 Å². The number of hydrogen-bond acceptors (Lipinski definition) is 2. The van der Waals surface area contributed by atoms with Crippen LogP contribution >= 0.6 is 12.4 Å². The van der Waals surface area contributed by atoms with Gasteiger partial charge in [0.2, 0.25) is 0 Å². The molecule has 20 heavy (non-hydrogen) atoms. The monoisotopic (exact) mass is 294 g/mol. The van der Waals surface area contributed by atoms with Gasteiger partial charge in [-0.25, -0.2) is 0 Å². The standard InChI is InChI=1S/C16H22N2O.ClH/c1-11-2-7-14(17)8-15(11)16(19)18(9-12-3-4-12)10-13-5-6-13;/h2,7-8,12-13H,3-6,9-10,17H2,1H3;1H. The number of nitrogens with zero attached hydrogens (tertiary/aromatic N) is 1. The molecular weight excluding hydrogens is 272 g/mol. The summed E-state index contributed by atoms with van der Waals surface area (Å²) in [6.07, 6.45) is 5.13. The number of benzene rings is 1. The van der Waals surface area contributed by atoms with Gasteiger partial charge in [0.1, 0.15) is 0 Å². The molecule has 3 nitrogen and oxygen atoms in total. The fraction of sp³-hybridized carbons (Fsp3) is 0.562. The number of halogens is 1. The first-order valence-electron chi connectivity index (χ1n) is 7.29. The molecule has 2 N–H and O–H groups in total. The highest BCUT2D eigenvalue weighted by atomic mass is 35.5. The van der Waals surface area contributed by atoms with E-state index in [1.807, 2.05) is 25.1 Å². The summed E-state index contributed by atoms with van der Waals surface area (Å²) in [5.41, 5.74) is 8.30. The zero-order chi connectivity index (χ0) is 13.4. The summed E-state index contributed by atoms with van der Waals surface area (Å²) in [4.78, 5) is 14.8. The molecule has 110 valence electrons. The minimum absolute atomic E-state index is 0. The lowest BCUT2D eigenvalue weighted by atomic mass is 10.1. The van der Waals surface area contributed by atoms with Crippen LogP contribution in [-0.2, 0) is 0 Å². The smallest absolute Gasteiger partial charge is 0.254 e. The summed E-state index contributed by atoms with van der Waals surface area (Å²) in [7, 11) is 0. The SMILES string of the molecule is Cc1ccc(N)cc1C(=O)N(CC1CC1)CC1CC1.Cl. The van der Waals surface area contributed by atoms with Crippen molar-refractivity contribution in [3.63, 3.8) is 0 Å². The Balaban J connectivity index is 0.00000147. The first-order chi connectivity index (χ1) is 9.13. The summed E-state index contributed by atoms with van der Waals surface area (Å²) in [5, 5.41) is 0. The second kappa shape index (κ2) is 6.04. The lowest BCUT2D eigenvalue weighted by Gasteiger charge is -2.23. The number of anilines is 1. The number of aryl methyl sites for hydroxylation is 1. The fourth-order valence-corrected chi connectivity index (χ4v) is 2.50. The molecule has 3 rings (SSSR count). The summed E-state index contributed by atoms with van der Waals surface area (Å²) < 4.78 is 0. The molecule has 0 unspecified atom stereocenters. The predicted molar refractivity (Wildman–Crippen MR) is 84.2 cm³/mol. The van der Waals surface area contributed by atoms with E-state index in [-0.39, 0.29) is 18.3 Å². The van der Waals surface area contributed by atoms with Crippen molar-refractivity contribution in [3.8, 4) is 0 Å². The molecule has 0 bridgehead atoms. The Morgan fingerprint density at radius 2 is 1.75 bits per heavy atom. The minimum Gasteiger partial charge on any atom is -0.399 e. The summed E-state index contributed by atoms with van der Waals surface area (Å²) in [6.45, 7) is 3.85. The van der Waals surface area contributed by atoms with Gasteiger partial charge >= 0.3 is 0 Å². The lowest BCUT2D eigenvalue weighted by Crippen LogP contribution is -2.35. The molecule has 2 saturated carbocycles. The van der Waals surface area contributed by atoms with Crippen LogP contribution in [0.15, 0.2) is 18.2 Å². The van der Waals surface area contributed by atoms with Crippen molar-refractivity contribution in [2.45, 2.75) is 32.6 Å². The molecule has 1 aromatic rings. The Bertz CT molecular complexity index is 481. The quantitative estimate of drug-likeness (QED) is 0.847. The van der Waals surface area contributed by atoms with E-state index in [0.29, 0.717) is 5.69 Å². The van der Waals surface area contributed by atoms with Gasteiger partial charge < -0.3 is 10.6 Å². The third-order valence-electron chi connectivity index (χ3n) is 4.13. The van der Waals surface area contributed by atoms with Crippen LogP contribution in [0.4, 0.5) is 5.69 Å². The number of carbonyl (C=O) groups is 1. The number of hydrogen-bond donors (Lipinski definition) is 1. The summed E-state index contributed by atoms with van der Waals surface area (Å²) in [5.74, 6) is 1.65. The molecule has 0 heterocycles. The molecule has 4 heteroatoms. The van der Waals surface area contributed by atoms with Crippen molar-refractivity contribution in [2.24, 2.45) is 11.8 Å². The summed E-state index contributed by atoms with van der Waals surface area (Å²) >= 11 is 0. The van der Waals surface area contributed by atoms with Crippen LogP contribution in [0.5, 0.6) is 0 Å². The second-order valence-electron chi connectivity index (χ2n) is 6.17. The van der Waals surface area contributed by atoms with E-state index in [1.165, 1.54) is 25.7 Å². The van der Waals surface area contributed by atoms with E-state index >= 15 is 0 Å². The van der Waals surface area contributed by atoms with Crippen LogP contribution in [0, 0.1) is 18.8 Å². The second-order valence-corrected chi connectivity index (χ2v) is 6.17. The molecule has 0 saturated heterocycles. The van der Waals surface area contributed by atoms with Crippen molar-refractivity contribution in [1.29, 1.82) is 0 Å². The first kappa shape index (κ1) is 15.2. The van der Waals surface area contributed by atoms with Crippen LogP contribution < -0.4 is 5.73 Å². The van der Waals surface area contributed by atoms with Gasteiger partial charge in [0, 0.05) is 24.3 Å². The van der Waals surface area contributed by atoms with Crippen molar-refractivity contribution in [1.82, 2.24) is 4.90 Å². The highest BCUT2D eigenvalue weighted by Crippen LogP contribution is 2.34. The maximum absolute atomic E-state index is 12.7. The zero-order valence-electron chi connectivity index (χ0n) is 12.0. The van der Waals surface area contributed by atoms with Crippen molar-refractivity contribution in [2.75, 3.05) is 18.8 Å². The Morgan fingerprint density at radius 1 is 1.20 bits per heavy atom. The largest absolute Gasteiger partial charge is 0.399 e. The minimum atomic E-state index is 0. The maximum atomic E-state index is 12.7. The molecule has 2 aliphatic carbocycles. The normalized spacial score (nSPS) is 17.4. The Morgan fingerprint density at radius 3 is 2.25 bits per heavy atom. The molecule has 1 aromatic carbocycles. The fourth-order valence-electron chi connectivity index (χ4n) is 2.50. The van der Waals surface area contributed by atoms with E-state index in [4.69, 9.17) is 5.73 Å². The third kappa shape index (κ3) is 3.66. The van der Waals surface area contributed by atoms with Crippen molar-refractivity contribution >= 4 is 24.0 Å². The molecule has 0 aliphatic heterocycles. The van der Waals surface area contributed by atoms with Gasteiger partial charge in [-0.2, -0.15) is 0 Å². The highest BCUT2D eigenvalue weighted by Gasteiger charge is 2.32. The lowest BCUT2D eigenvalue weighted by molar-refractivity contribution is 0.0739. The van der Waals surface area contributed by atoms with Gasteiger partial charge in [-0.15, -0.1) is 12.4 Å². The predicted octanol–water partition coefficient (Wildman–Crippen LogP) is 3.26. The van der Waals surface area contributed by atoms with Gasteiger partial charge in [-0.05, 0) is 62.1 Å². The van der Waals surface area contributed by atoms with Gasteiger partial charge in [-0.3, -0.25) is 4.79 Å². The van der Waals surface area contributed by atoms with E-state index in [0.717, 1.165) is 36.1 Å². The van der Waals surface area contributed by atoms with Crippen LogP contribution in [0.3, 0.4) is 0 Å². The van der Waals surface area contributed by atoms with E-state index < -0.39 is 0 Å². The Labute approximate surface area is 126 Å². The van der Waals surface area contributed by atoms with Gasteiger partial charge in [-0.1, -0.05) is 6.07 Å². The molecule has 0 radical (unpaired) electrons. The Hall–Kier alpha value is -1.22. The topological polar surface area (TPSA) is 46.3 Å². The molecule has 0 spiro atoms. The third-order valence-corrected chi connectivity index (χ3v) is 4.13. The number of rotatable bonds is 5. The average Bonchev–Trinajstić information content (AvgIpc) is 3.25. The van der Waals surface area contributed by atoms with Gasteiger partial charge in [0.25, 0.3) is 5.91 Å². The number of carbonyl (C=O) groups excluding carboxylic acids is 1. The molecule has 1 amide bonds. The van der Waals surface area contributed by atoms with Crippen LogP contribution in [0.1, 0.15) is 41.6 Å². The van der Waals surface area contributed by atoms with Crippen LogP contribution in [-0.4, -0.2) is 23.9 Å². The van der Waals surface area contributed by atoms with E-state index in [1.54, 1.807) is 0 Å². The molecule has 2 fully saturated rings. The first-order valence-corrected chi connectivity index (χ1v) is 7.29. The van der Waals surface area contributed by atoms with E-state index in [9.17, 15) is 4.79 Å². The number of nitrogen functional groups attached to an aromatic ring is 1. The zero-order valence-corrected chi connectivity index (χ0v) is 12.8. The van der Waals surface area contributed by atoms with E-state index in [2.05, 4.69) is 4.90 Å². The molecular formula is C16H23ClN2O. The van der Waals surface area contributed by atoms with Crippen molar-refractivity contribution < 1.29 is 4.79 Å². The van der Waals surface area contributed by atoms with Crippen LogP contribution in [0.2, 0.25) is 0 Å². The van der Waals surface area contributed by atoms with Crippen LogP contribution in [0.25, 0.3) is 0 Å². The highest BCUT2D eigenvalue weighted by molar-refractivity contribution is 5.96. The molecule has 0 atom stereocenters. The average molecular weight is 295 g/mol. The summed E-state index contributed by atoms with van der Waals surface area (Å²) in [6, 6.07) is 5.62. The van der Waals surface area contributed by atoms with Gasteiger partial charge in [0.15, 0.2) is 0 Å². The molecule has 2 aliphatic rings. The number of amides is 1. The Kier molecular flexibility index (Phi) is 4.59. The maximum Gasteiger partial charge on any atom is 0.254 e.